The van der Waals surface area contributed by atoms with Crippen molar-refractivity contribution in [3.05, 3.63) is 59.0 Å². The van der Waals surface area contributed by atoms with Gasteiger partial charge in [0.25, 0.3) is 5.69 Å². The smallest absolute Gasteiger partial charge is 0.258 e. The molecule has 0 aliphatic carbocycles. The Balaban J connectivity index is 3.56. The summed E-state index contributed by atoms with van der Waals surface area (Å²) in [5.41, 5.74) is -2.47. The van der Waals surface area contributed by atoms with Crippen LogP contribution in [0.5, 0.6) is 0 Å². The monoisotopic (exact) mass is 244 g/mol. The first kappa shape index (κ1) is 13.2. The first-order chi connectivity index (χ1) is 7.79. The highest BCUT2D eigenvalue weighted by Gasteiger charge is 2.41. The van der Waals surface area contributed by atoms with E-state index in [9.17, 15) is 23.3 Å². The molecule has 1 radical (unpaired) electrons. The fourth-order valence-electron chi connectivity index (χ4n) is 1.45. The summed E-state index contributed by atoms with van der Waals surface area (Å²) in [6.07, 6.45) is -3.59. The predicted octanol–water partition coefficient (Wildman–Crippen LogP) is 3.72. The molecule has 0 heterocycles. The van der Waals surface area contributed by atoms with Gasteiger partial charge in [0.2, 0.25) is 0 Å². The van der Waals surface area contributed by atoms with Gasteiger partial charge in [-0.15, -0.1) is 6.58 Å². The number of allylic oxidation sites excluding steroid dienone is 1. The third kappa shape index (κ3) is 2.64. The fourth-order valence-corrected chi connectivity index (χ4v) is 1.45. The van der Waals surface area contributed by atoms with Gasteiger partial charge in [-0.2, -0.15) is 13.2 Å². The predicted molar refractivity (Wildman–Crippen MR) is 56.4 cm³/mol. The summed E-state index contributed by atoms with van der Waals surface area (Å²) in [5.74, 6) is -0.855. The Hall–Kier alpha value is -1.85. The molecule has 0 aliphatic heterocycles. The summed E-state index contributed by atoms with van der Waals surface area (Å²) in [4.78, 5) is 9.54. The van der Waals surface area contributed by atoms with E-state index in [1.165, 1.54) is 12.1 Å². The molecular formula is C11H9F3NO2. The van der Waals surface area contributed by atoms with Crippen LogP contribution in [0.1, 0.15) is 17.0 Å². The number of hydrogen-bond donors (Lipinski definition) is 0. The van der Waals surface area contributed by atoms with Gasteiger partial charge in [-0.1, -0.05) is 18.2 Å². The number of nitrogens with zero attached hydrogens (tertiary/aromatic N) is 1. The zero-order valence-electron chi connectivity index (χ0n) is 8.70. The Morgan fingerprint density at radius 3 is 2.41 bits per heavy atom. The van der Waals surface area contributed by atoms with Crippen molar-refractivity contribution in [2.45, 2.75) is 12.1 Å². The van der Waals surface area contributed by atoms with Crippen LogP contribution in [0.3, 0.4) is 0 Å². The Morgan fingerprint density at radius 2 is 2.00 bits per heavy atom. The molecule has 0 fully saturated rings. The lowest BCUT2D eigenvalue weighted by Gasteiger charge is -2.15. The summed E-state index contributed by atoms with van der Waals surface area (Å²) in [7, 11) is 0. The van der Waals surface area contributed by atoms with E-state index in [1.807, 2.05) is 0 Å². The normalized spacial score (nSPS) is 13.2. The fraction of sp³-hybridized carbons (Fsp3) is 0.182. The molecule has 1 atom stereocenters. The Morgan fingerprint density at radius 1 is 1.41 bits per heavy atom. The van der Waals surface area contributed by atoms with Crippen LogP contribution in [-0.2, 0) is 6.18 Å². The Labute approximate surface area is 95.7 Å². The molecule has 0 amide bonds. The van der Waals surface area contributed by atoms with Gasteiger partial charge in [0.05, 0.1) is 4.92 Å². The minimum atomic E-state index is -4.79. The van der Waals surface area contributed by atoms with Crippen molar-refractivity contribution in [1.29, 1.82) is 0 Å². The molecule has 1 rings (SSSR count). The minimum Gasteiger partial charge on any atom is -0.258 e. The molecule has 3 nitrogen and oxygen atoms in total. The second-order valence-electron chi connectivity index (χ2n) is 3.34. The maximum atomic E-state index is 12.8. The highest BCUT2D eigenvalue weighted by atomic mass is 19.4. The van der Waals surface area contributed by atoms with E-state index in [4.69, 9.17) is 0 Å². The first-order valence-corrected chi connectivity index (χ1v) is 4.59. The second kappa shape index (κ2) is 4.57. The van der Waals surface area contributed by atoms with Crippen molar-refractivity contribution in [2.24, 2.45) is 0 Å². The van der Waals surface area contributed by atoms with Gasteiger partial charge in [-0.25, -0.2) is 0 Å². The molecule has 0 aliphatic rings. The van der Waals surface area contributed by atoms with Crippen molar-refractivity contribution < 1.29 is 18.1 Å². The van der Waals surface area contributed by atoms with Crippen LogP contribution >= 0.6 is 0 Å². The maximum Gasteiger partial charge on any atom is 0.423 e. The molecule has 1 aromatic rings. The van der Waals surface area contributed by atoms with Crippen LogP contribution in [0.4, 0.5) is 18.9 Å². The van der Waals surface area contributed by atoms with Crippen molar-refractivity contribution >= 4 is 5.69 Å². The molecule has 91 valence electrons. The number of halogens is 3. The molecule has 17 heavy (non-hydrogen) atoms. The summed E-state index contributed by atoms with van der Waals surface area (Å²) >= 11 is 0. The molecule has 0 aromatic heterocycles. The lowest BCUT2D eigenvalue weighted by molar-refractivity contribution is -0.388. The molecule has 0 bridgehead atoms. The van der Waals surface area contributed by atoms with E-state index in [1.54, 1.807) is 0 Å². The number of nitro groups is 1. The number of hydrogen-bond acceptors (Lipinski definition) is 2. The standard InChI is InChI=1S/C11H9F3NO2/c1-3-7(2)8-5-4-6-9(15(16)17)10(8)11(12,13)14/h3-7H,1-2H2. The van der Waals surface area contributed by atoms with Crippen LogP contribution < -0.4 is 0 Å². The highest BCUT2D eigenvalue weighted by molar-refractivity contribution is 5.50. The van der Waals surface area contributed by atoms with Crippen LogP contribution in [0.2, 0.25) is 0 Å². The highest BCUT2D eigenvalue weighted by Crippen LogP contribution is 2.40. The van der Waals surface area contributed by atoms with Crippen LogP contribution in [0.15, 0.2) is 30.9 Å². The van der Waals surface area contributed by atoms with Crippen molar-refractivity contribution in [1.82, 2.24) is 0 Å². The van der Waals surface area contributed by atoms with Gasteiger partial charge in [0.15, 0.2) is 0 Å². The maximum absolute atomic E-state index is 12.8. The van der Waals surface area contributed by atoms with Gasteiger partial charge in [0, 0.05) is 12.0 Å². The molecule has 0 saturated carbocycles. The largest absolute Gasteiger partial charge is 0.423 e. The van der Waals surface area contributed by atoms with E-state index in [-0.39, 0.29) is 5.56 Å². The number of rotatable bonds is 3. The van der Waals surface area contributed by atoms with Gasteiger partial charge < -0.3 is 0 Å². The second-order valence-corrected chi connectivity index (χ2v) is 3.34. The first-order valence-electron chi connectivity index (χ1n) is 4.59. The third-order valence-electron chi connectivity index (χ3n) is 2.24. The van der Waals surface area contributed by atoms with Crippen molar-refractivity contribution in [3.8, 4) is 0 Å². The SMILES string of the molecule is [CH2]C(C=C)c1cccc([N+](=O)[O-])c1C(F)(F)F. The molecule has 0 saturated heterocycles. The molecule has 6 heteroatoms. The van der Waals surface area contributed by atoms with Crippen LogP contribution in [0, 0.1) is 17.0 Å². The Bertz CT molecular complexity index is 455. The van der Waals surface area contributed by atoms with E-state index < -0.39 is 28.3 Å². The van der Waals surface area contributed by atoms with E-state index in [0.717, 1.165) is 12.1 Å². The lowest BCUT2D eigenvalue weighted by atomic mass is 9.94. The van der Waals surface area contributed by atoms with E-state index in [0.29, 0.717) is 0 Å². The van der Waals surface area contributed by atoms with Crippen LogP contribution in [-0.4, -0.2) is 4.92 Å². The quantitative estimate of drug-likeness (QED) is 0.462. The molecular weight excluding hydrogens is 235 g/mol. The summed E-state index contributed by atoms with van der Waals surface area (Å²) in [5, 5.41) is 10.6. The average molecular weight is 244 g/mol. The van der Waals surface area contributed by atoms with Gasteiger partial charge in [-0.05, 0) is 12.5 Å². The van der Waals surface area contributed by atoms with Crippen molar-refractivity contribution in [3.63, 3.8) is 0 Å². The third-order valence-corrected chi connectivity index (χ3v) is 2.24. The minimum absolute atomic E-state index is 0.248. The zero-order chi connectivity index (χ0) is 13.2. The molecule has 1 unspecified atom stereocenters. The van der Waals surface area contributed by atoms with Gasteiger partial charge in [0.1, 0.15) is 5.56 Å². The van der Waals surface area contributed by atoms with E-state index in [2.05, 4.69) is 13.5 Å². The Kier molecular flexibility index (Phi) is 3.55. The van der Waals surface area contributed by atoms with E-state index >= 15 is 0 Å². The summed E-state index contributed by atoms with van der Waals surface area (Å²) < 4.78 is 38.4. The number of alkyl halides is 3. The lowest BCUT2D eigenvalue weighted by Crippen LogP contribution is -2.13. The topological polar surface area (TPSA) is 43.1 Å². The summed E-state index contributed by atoms with van der Waals surface area (Å²) in [6.45, 7) is 6.80. The number of nitro benzene ring substituents is 1. The number of benzene rings is 1. The van der Waals surface area contributed by atoms with Crippen LogP contribution in [0.25, 0.3) is 0 Å². The summed E-state index contributed by atoms with van der Waals surface area (Å²) in [6, 6.07) is 3.18. The van der Waals surface area contributed by atoms with Gasteiger partial charge in [-0.3, -0.25) is 10.1 Å². The molecule has 1 aromatic carbocycles. The molecule has 0 N–H and O–H groups in total. The zero-order valence-corrected chi connectivity index (χ0v) is 8.70. The molecule has 0 spiro atoms. The van der Waals surface area contributed by atoms with Crippen molar-refractivity contribution in [2.75, 3.05) is 0 Å². The average Bonchev–Trinajstić information content (AvgIpc) is 2.25. The van der Waals surface area contributed by atoms with Gasteiger partial charge >= 0.3 is 6.18 Å².